The summed E-state index contributed by atoms with van der Waals surface area (Å²) in [6.07, 6.45) is 0. The summed E-state index contributed by atoms with van der Waals surface area (Å²) in [4.78, 5) is 10.9. The van der Waals surface area contributed by atoms with Gasteiger partial charge in [-0.2, -0.15) is 0 Å². The molecule has 1 aliphatic carbocycles. The Hall–Kier alpha value is -8.86. The van der Waals surface area contributed by atoms with Crippen molar-refractivity contribution in [1.82, 2.24) is 19.1 Å². The average molecular weight is 879 g/mol. The van der Waals surface area contributed by atoms with Crippen molar-refractivity contribution >= 4 is 86.8 Å². The smallest absolute Gasteiger partial charge is 0.161 e. The van der Waals surface area contributed by atoms with E-state index in [4.69, 9.17) is 9.97 Å². The van der Waals surface area contributed by atoms with Crippen molar-refractivity contribution in [2.75, 3.05) is 0 Å². The number of nitrogens with zero attached hydrogens (tertiary/aromatic N) is 4. The van der Waals surface area contributed by atoms with Crippen molar-refractivity contribution in [2.24, 2.45) is 0 Å². The molecule has 0 N–H and O–H groups in total. The van der Waals surface area contributed by atoms with E-state index in [0.29, 0.717) is 0 Å². The van der Waals surface area contributed by atoms with Gasteiger partial charge in [0, 0.05) is 54.2 Å². The number of fused-ring (bicyclic) bond motifs is 14. The van der Waals surface area contributed by atoms with E-state index < -0.39 is 0 Å². The van der Waals surface area contributed by atoms with E-state index in [1.54, 1.807) is 0 Å². The first-order valence-electron chi connectivity index (χ1n) is 23.9. The maximum Gasteiger partial charge on any atom is 0.161 e. The SMILES string of the molecule is CC1(C)c2ccccc2-c2c(-c3nc(-c4cccc5c(-n6c7ccccc7c7cc8cccc(-n9c%10ccccc%10c%10c%11ccccc%11ccc%109)c8cc76)cccc45)c4ccccc4n3)cccc21. The van der Waals surface area contributed by atoms with Gasteiger partial charge in [-0.1, -0.05) is 184 Å². The Kier molecular flexibility index (Phi) is 7.81. The summed E-state index contributed by atoms with van der Waals surface area (Å²) in [5.41, 5.74) is 16.0. The van der Waals surface area contributed by atoms with Crippen LogP contribution in [0.25, 0.3) is 132 Å². The van der Waals surface area contributed by atoms with Gasteiger partial charge in [0.1, 0.15) is 0 Å². The molecule has 0 unspecified atom stereocenters. The van der Waals surface area contributed by atoms with Crippen molar-refractivity contribution < 1.29 is 0 Å². The number of hydrogen-bond acceptors (Lipinski definition) is 2. The predicted octanol–water partition coefficient (Wildman–Crippen LogP) is 16.9. The molecule has 14 aromatic rings. The molecule has 69 heavy (non-hydrogen) atoms. The third kappa shape index (κ3) is 5.29. The number of benzene rings is 11. The van der Waals surface area contributed by atoms with Crippen LogP contribution in [0, 0.1) is 0 Å². The van der Waals surface area contributed by atoms with Crippen LogP contribution < -0.4 is 0 Å². The van der Waals surface area contributed by atoms with Crippen LogP contribution in [0.15, 0.2) is 218 Å². The van der Waals surface area contributed by atoms with Crippen molar-refractivity contribution in [3.63, 3.8) is 0 Å². The van der Waals surface area contributed by atoms with Crippen molar-refractivity contribution in [2.45, 2.75) is 19.3 Å². The summed E-state index contributed by atoms with van der Waals surface area (Å²) >= 11 is 0. The van der Waals surface area contributed by atoms with Crippen LogP contribution in [-0.2, 0) is 5.41 Å². The van der Waals surface area contributed by atoms with Gasteiger partial charge < -0.3 is 9.13 Å². The minimum absolute atomic E-state index is 0.130. The zero-order chi connectivity index (χ0) is 45.5. The van der Waals surface area contributed by atoms with Crippen LogP contribution in [0.3, 0.4) is 0 Å². The van der Waals surface area contributed by atoms with Gasteiger partial charge in [0.2, 0.25) is 0 Å². The van der Waals surface area contributed by atoms with Crippen LogP contribution in [0.5, 0.6) is 0 Å². The van der Waals surface area contributed by atoms with Gasteiger partial charge in [-0.05, 0) is 92.3 Å². The van der Waals surface area contributed by atoms with Gasteiger partial charge in [-0.15, -0.1) is 0 Å². The molecule has 0 saturated carbocycles. The monoisotopic (exact) mass is 878 g/mol. The van der Waals surface area contributed by atoms with Crippen molar-refractivity contribution in [3.8, 4) is 45.1 Å². The van der Waals surface area contributed by atoms with Crippen LogP contribution in [0.1, 0.15) is 25.0 Å². The molecule has 1 aliphatic rings. The standard InChI is InChI=1S/C65H42N4/c1-65(2)52-28-9-5-21-46(52)61-49(27-15-29-53(61)65)64-66-54-30-10-6-22-47(54)63(67-64)45-26-14-25-43-42(45)24-16-34-56(43)69-55-31-11-7-20-44(55)51-37-40-18-13-33-58(50(40)38-60(51)69)68-57-32-12-8-23-48(57)62-41-19-4-3-17-39(41)35-36-59(62)68/h3-38H,1-2H3. The minimum Gasteiger partial charge on any atom is -0.309 e. The molecule has 4 heteroatoms. The second-order valence-electron chi connectivity index (χ2n) is 19.2. The molecule has 322 valence electrons. The molecule has 0 bridgehead atoms. The molecular weight excluding hydrogens is 837 g/mol. The average Bonchev–Trinajstić information content (AvgIpc) is 3.99. The van der Waals surface area contributed by atoms with E-state index >= 15 is 0 Å². The fourth-order valence-electron chi connectivity index (χ4n) is 12.2. The van der Waals surface area contributed by atoms with E-state index in [1.165, 1.54) is 81.9 Å². The van der Waals surface area contributed by atoms with Crippen LogP contribution >= 0.6 is 0 Å². The highest BCUT2D eigenvalue weighted by Gasteiger charge is 2.37. The summed E-state index contributed by atoms with van der Waals surface area (Å²) in [6, 6.07) is 80.1. The van der Waals surface area contributed by atoms with E-state index in [2.05, 4.69) is 241 Å². The maximum absolute atomic E-state index is 5.59. The van der Waals surface area contributed by atoms with Crippen LogP contribution in [0.2, 0.25) is 0 Å². The van der Waals surface area contributed by atoms with E-state index in [0.717, 1.165) is 61.2 Å². The summed E-state index contributed by atoms with van der Waals surface area (Å²) in [5, 5.41) is 13.2. The Morgan fingerprint density at radius 2 is 0.942 bits per heavy atom. The fraction of sp³-hybridized carbons (Fsp3) is 0.0462. The van der Waals surface area contributed by atoms with Gasteiger partial charge in [0.05, 0.1) is 44.7 Å². The molecule has 0 saturated heterocycles. The third-order valence-corrected chi connectivity index (χ3v) is 15.3. The lowest BCUT2D eigenvalue weighted by molar-refractivity contribution is 0.660. The summed E-state index contributed by atoms with van der Waals surface area (Å²) in [5.74, 6) is 0.739. The van der Waals surface area contributed by atoms with Crippen LogP contribution in [0.4, 0.5) is 0 Å². The Morgan fingerprint density at radius 1 is 0.348 bits per heavy atom. The largest absolute Gasteiger partial charge is 0.309 e. The topological polar surface area (TPSA) is 35.6 Å². The second-order valence-corrected chi connectivity index (χ2v) is 19.2. The van der Waals surface area contributed by atoms with E-state index in [9.17, 15) is 0 Å². The number of aromatic nitrogens is 4. The molecule has 4 nitrogen and oxygen atoms in total. The molecular formula is C65H42N4. The fourth-order valence-corrected chi connectivity index (χ4v) is 12.2. The number of rotatable bonds is 4. The molecule has 3 heterocycles. The highest BCUT2D eigenvalue weighted by Crippen LogP contribution is 2.52. The highest BCUT2D eigenvalue weighted by atomic mass is 15.0. The lowest BCUT2D eigenvalue weighted by atomic mass is 9.82. The Morgan fingerprint density at radius 3 is 1.83 bits per heavy atom. The zero-order valence-corrected chi connectivity index (χ0v) is 38.1. The number of para-hydroxylation sites is 3. The van der Waals surface area contributed by atoms with E-state index in [1.807, 2.05) is 0 Å². The summed E-state index contributed by atoms with van der Waals surface area (Å²) in [7, 11) is 0. The van der Waals surface area contributed by atoms with Crippen molar-refractivity contribution in [1.29, 1.82) is 0 Å². The minimum atomic E-state index is -0.130. The normalized spacial score (nSPS) is 13.2. The summed E-state index contributed by atoms with van der Waals surface area (Å²) < 4.78 is 4.97. The molecule has 0 fully saturated rings. The lowest BCUT2D eigenvalue weighted by Crippen LogP contribution is -2.14. The van der Waals surface area contributed by atoms with E-state index in [-0.39, 0.29) is 5.41 Å². The van der Waals surface area contributed by atoms with Gasteiger partial charge in [0.15, 0.2) is 5.82 Å². The molecule has 11 aromatic carbocycles. The maximum atomic E-state index is 5.59. The molecule has 0 aliphatic heterocycles. The van der Waals surface area contributed by atoms with Crippen LogP contribution in [-0.4, -0.2) is 19.1 Å². The van der Waals surface area contributed by atoms with Crippen molar-refractivity contribution in [3.05, 3.63) is 230 Å². The quantitative estimate of drug-likeness (QED) is 0.177. The van der Waals surface area contributed by atoms with Gasteiger partial charge in [0.25, 0.3) is 0 Å². The first kappa shape index (κ1) is 38.3. The molecule has 3 aromatic heterocycles. The predicted molar refractivity (Wildman–Crippen MR) is 289 cm³/mol. The van der Waals surface area contributed by atoms with Gasteiger partial charge >= 0.3 is 0 Å². The molecule has 15 rings (SSSR count). The Balaban J connectivity index is 0.971. The molecule has 0 amide bonds. The molecule has 0 radical (unpaired) electrons. The molecule has 0 atom stereocenters. The number of hydrogen-bond donors (Lipinski definition) is 0. The first-order chi connectivity index (χ1) is 34.0. The first-order valence-corrected chi connectivity index (χ1v) is 23.9. The van der Waals surface area contributed by atoms with Gasteiger partial charge in [-0.25, -0.2) is 9.97 Å². The Labute approximate surface area is 398 Å². The van der Waals surface area contributed by atoms with Gasteiger partial charge in [-0.3, -0.25) is 0 Å². The lowest BCUT2D eigenvalue weighted by Gasteiger charge is -2.21. The second kappa shape index (κ2) is 14.1. The third-order valence-electron chi connectivity index (χ3n) is 15.3. The Bertz CT molecular complexity index is 4530. The molecule has 0 spiro atoms. The zero-order valence-electron chi connectivity index (χ0n) is 38.1. The highest BCUT2D eigenvalue weighted by molar-refractivity contribution is 6.22. The summed E-state index contributed by atoms with van der Waals surface area (Å²) in [6.45, 7) is 4.65.